The van der Waals surface area contributed by atoms with Crippen LogP contribution in [0.1, 0.15) is 18.2 Å². The zero-order chi connectivity index (χ0) is 17.4. The zero-order valence-corrected chi connectivity index (χ0v) is 15.4. The smallest absolute Gasteiger partial charge is 0.196 e. The maximum Gasteiger partial charge on any atom is 0.196 e. The Morgan fingerprint density at radius 1 is 1.04 bits per heavy atom. The molecule has 126 valence electrons. The Morgan fingerprint density at radius 2 is 1.84 bits per heavy atom. The number of nitrogens with zero attached hydrogens (tertiary/aromatic N) is 3. The van der Waals surface area contributed by atoms with Crippen LogP contribution in [0.15, 0.2) is 53.7 Å². The quantitative estimate of drug-likeness (QED) is 0.519. The molecule has 0 aliphatic carbocycles. The summed E-state index contributed by atoms with van der Waals surface area (Å²) in [7, 11) is 0. The SMILES string of the molecule is CCSc1nnc(-c2ccc3[nH]c(C)c(C)c3c2)n1-c1ccccc1. The van der Waals surface area contributed by atoms with E-state index in [0.29, 0.717) is 0 Å². The van der Waals surface area contributed by atoms with Gasteiger partial charge in [0, 0.05) is 27.8 Å². The second kappa shape index (κ2) is 6.41. The van der Waals surface area contributed by atoms with Gasteiger partial charge in [0.05, 0.1) is 0 Å². The molecule has 2 aromatic carbocycles. The van der Waals surface area contributed by atoms with Crippen LogP contribution in [-0.4, -0.2) is 25.5 Å². The van der Waals surface area contributed by atoms with Crippen molar-refractivity contribution < 1.29 is 0 Å². The van der Waals surface area contributed by atoms with Gasteiger partial charge in [0.25, 0.3) is 0 Å². The fourth-order valence-corrected chi connectivity index (χ4v) is 3.77. The zero-order valence-electron chi connectivity index (χ0n) is 14.6. The summed E-state index contributed by atoms with van der Waals surface area (Å²) in [5.41, 5.74) is 5.81. The molecule has 0 amide bonds. The molecule has 4 nitrogen and oxygen atoms in total. The highest BCUT2D eigenvalue weighted by Crippen LogP contribution is 2.31. The van der Waals surface area contributed by atoms with Gasteiger partial charge < -0.3 is 4.98 Å². The molecule has 2 aromatic heterocycles. The Balaban J connectivity index is 1.92. The Bertz CT molecular complexity index is 1030. The van der Waals surface area contributed by atoms with E-state index in [9.17, 15) is 0 Å². The third kappa shape index (κ3) is 2.74. The van der Waals surface area contributed by atoms with E-state index in [1.807, 2.05) is 18.2 Å². The summed E-state index contributed by atoms with van der Waals surface area (Å²) in [6.45, 7) is 6.39. The van der Waals surface area contributed by atoms with Crippen LogP contribution in [0.25, 0.3) is 28.0 Å². The van der Waals surface area contributed by atoms with Crippen LogP contribution in [0.2, 0.25) is 0 Å². The molecule has 4 rings (SSSR count). The number of fused-ring (bicyclic) bond motifs is 1. The maximum atomic E-state index is 4.51. The molecular weight excluding hydrogens is 328 g/mol. The molecule has 0 aliphatic heterocycles. The number of hydrogen-bond donors (Lipinski definition) is 1. The van der Waals surface area contributed by atoms with Gasteiger partial charge in [-0.2, -0.15) is 0 Å². The number of benzene rings is 2. The molecule has 0 saturated carbocycles. The van der Waals surface area contributed by atoms with Gasteiger partial charge in [-0.05, 0) is 55.5 Å². The molecule has 1 N–H and O–H groups in total. The number of aryl methyl sites for hydroxylation is 2. The van der Waals surface area contributed by atoms with Gasteiger partial charge in [0.2, 0.25) is 0 Å². The van der Waals surface area contributed by atoms with E-state index in [-0.39, 0.29) is 0 Å². The van der Waals surface area contributed by atoms with Crippen LogP contribution in [0.3, 0.4) is 0 Å². The number of thioether (sulfide) groups is 1. The third-order valence-electron chi connectivity index (χ3n) is 4.49. The van der Waals surface area contributed by atoms with Crippen molar-refractivity contribution in [2.75, 3.05) is 5.75 Å². The van der Waals surface area contributed by atoms with Gasteiger partial charge >= 0.3 is 0 Å². The lowest BCUT2D eigenvalue weighted by molar-refractivity contribution is 0.887. The average molecular weight is 348 g/mol. The first-order valence-electron chi connectivity index (χ1n) is 8.42. The number of aromatic amines is 1. The normalized spacial score (nSPS) is 11.3. The van der Waals surface area contributed by atoms with Gasteiger partial charge in [-0.15, -0.1) is 10.2 Å². The summed E-state index contributed by atoms with van der Waals surface area (Å²) in [6, 6.07) is 16.7. The van der Waals surface area contributed by atoms with Crippen LogP contribution in [0.5, 0.6) is 0 Å². The van der Waals surface area contributed by atoms with Crippen molar-refractivity contribution in [1.29, 1.82) is 0 Å². The summed E-state index contributed by atoms with van der Waals surface area (Å²) in [4.78, 5) is 3.43. The van der Waals surface area contributed by atoms with Crippen LogP contribution >= 0.6 is 11.8 Å². The van der Waals surface area contributed by atoms with E-state index in [0.717, 1.165) is 33.5 Å². The Hall–Kier alpha value is -2.53. The lowest BCUT2D eigenvalue weighted by atomic mass is 10.1. The van der Waals surface area contributed by atoms with Crippen LogP contribution < -0.4 is 0 Å². The average Bonchev–Trinajstić information content (AvgIpc) is 3.17. The first-order chi connectivity index (χ1) is 12.2. The minimum absolute atomic E-state index is 0.877. The van der Waals surface area contributed by atoms with Gasteiger partial charge in [0.1, 0.15) is 0 Å². The minimum atomic E-state index is 0.877. The molecule has 2 heterocycles. The molecule has 0 saturated heterocycles. The number of nitrogens with one attached hydrogen (secondary N) is 1. The monoisotopic (exact) mass is 348 g/mol. The van der Waals surface area contributed by atoms with E-state index in [4.69, 9.17) is 0 Å². The molecule has 0 radical (unpaired) electrons. The van der Waals surface area contributed by atoms with Gasteiger partial charge in [-0.1, -0.05) is 36.9 Å². The molecule has 0 atom stereocenters. The molecule has 0 spiro atoms. The van der Waals surface area contributed by atoms with E-state index in [1.165, 1.54) is 16.6 Å². The predicted octanol–water partition coefficient (Wildman–Crippen LogP) is 5.14. The Labute approximate surface area is 151 Å². The molecular formula is C20H20N4S. The van der Waals surface area contributed by atoms with Crippen molar-refractivity contribution in [1.82, 2.24) is 19.7 Å². The van der Waals surface area contributed by atoms with Crippen LogP contribution in [0, 0.1) is 13.8 Å². The van der Waals surface area contributed by atoms with Crippen molar-refractivity contribution in [2.45, 2.75) is 25.9 Å². The first-order valence-corrected chi connectivity index (χ1v) is 9.40. The predicted molar refractivity (Wildman–Crippen MR) is 105 cm³/mol. The fourth-order valence-electron chi connectivity index (χ4n) is 3.09. The van der Waals surface area contributed by atoms with Crippen molar-refractivity contribution in [3.8, 4) is 17.1 Å². The number of rotatable bonds is 4. The van der Waals surface area contributed by atoms with Crippen molar-refractivity contribution >= 4 is 22.7 Å². The second-order valence-electron chi connectivity index (χ2n) is 6.05. The van der Waals surface area contributed by atoms with Crippen LogP contribution in [0.4, 0.5) is 0 Å². The first kappa shape index (κ1) is 16.0. The van der Waals surface area contributed by atoms with Crippen molar-refractivity contribution in [3.63, 3.8) is 0 Å². The van der Waals surface area contributed by atoms with E-state index in [2.05, 4.69) is 70.9 Å². The highest BCUT2D eigenvalue weighted by atomic mass is 32.2. The lowest BCUT2D eigenvalue weighted by Crippen LogP contribution is -1.99. The molecule has 4 aromatic rings. The summed E-state index contributed by atoms with van der Waals surface area (Å²) >= 11 is 1.71. The Kier molecular flexibility index (Phi) is 4.09. The second-order valence-corrected chi connectivity index (χ2v) is 7.28. The molecule has 0 aliphatic rings. The van der Waals surface area contributed by atoms with E-state index < -0.39 is 0 Å². The van der Waals surface area contributed by atoms with Crippen molar-refractivity contribution in [3.05, 3.63) is 59.8 Å². The summed E-state index contributed by atoms with van der Waals surface area (Å²) in [5, 5.41) is 11.1. The molecule has 5 heteroatoms. The van der Waals surface area contributed by atoms with Gasteiger partial charge in [-0.25, -0.2) is 0 Å². The van der Waals surface area contributed by atoms with E-state index >= 15 is 0 Å². The summed E-state index contributed by atoms with van der Waals surface area (Å²) < 4.78 is 2.14. The number of para-hydroxylation sites is 1. The molecule has 25 heavy (non-hydrogen) atoms. The van der Waals surface area contributed by atoms with Gasteiger partial charge in [0.15, 0.2) is 11.0 Å². The number of hydrogen-bond acceptors (Lipinski definition) is 3. The van der Waals surface area contributed by atoms with E-state index in [1.54, 1.807) is 11.8 Å². The molecule has 0 fully saturated rings. The lowest BCUT2D eigenvalue weighted by Gasteiger charge is -2.10. The molecule has 0 unspecified atom stereocenters. The van der Waals surface area contributed by atoms with Gasteiger partial charge in [-0.3, -0.25) is 4.57 Å². The standard InChI is InChI=1S/C20H20N4S/c1-4-25-20-23-22-19(24(20)16-8-6-5-7-9-16)15-10-11-18-17(12-15)13(2)14(3)21-18/h5-12,21H,4H2,1-3H3. The summed E-state index contributed by atoms with van der Waals surface area (Å²) in [5.74, 6) is 1.84. The molecule has 0 bridgehead atoms. The number of aromatic nitrogens is 4. The largest absolute Gasteiger partial charge is 0.358 e. The summed E-state index contributed by atoms with van der Waals surface area (Å²) in [6.07, 6.45) is 0. The highest BCUT2D eigenvalue weighted by Gasteiger charge is 2.16. The third-order valence-corrected chi connectivity index (χ3v) is 5.30. The maximum absolute atomic E-state index is 4.51. The minimum Gasteiger partial charge on any atom is -0.358 e. The number of H-pyrrole nitrogens is 1. The fraction of sp³-hybridized carbons (Fsp3) is 0.200. The Morgan fingerprint density at radius 3 is 2.60 bits per heavy atom. The topological polar surface area (TPSA) is 46.5 Å². The highest BCUT2D eigenvalue weighted by molar-refractivity contribution is 7.99. The van der Waals surface area contributed by atoms with Crippen molar-refractivity contribution in [2.24, 2.45) is 0 Å². The van der Waals surface area contributed by atoms with Crippen LogP contribution in [-0.2, 0) is 0 Å².